The molecule has 1 atom stereocenters. The predicted octanol–water partition coefficient (Wildman–Crippen LogP) is 6.07. The van der Waals surface area contributed by atoms with E-state index in [-0.39, 0.29) is 11.9 Å². The van der Waals surface area contributed by atoms with Crippen LogP contribution in [0.4, 0.5) is 0 Å². The van der Waals surface area contributed by atoms with Crippen molar-refractivity contribution in [3.05, 3.63) is 0 Å². The Balaban J connectivity index is 3.51. The molecule has 0 aromatic heterocycles. The van der Waals surface area contributed by atoms with Gasteiger partial charge in [0.25, 0.3) is 0 Å². The molecule has 0 rings (SSSR count). The van der Waals surface area contributed by atoms with Crippen molar-refractivity contribution in [2.75, 3.05) is 6.61 Å². The average Bonchev–Trinajstić information content (AvgIpc) is 2.45. The van der Waals surface area contributed by atoms with Crippen molar-refractivity contribution < 1.29 is 9.53 Å². The molecule has 2 nitrogen and oxygen atoms in total. The van der Waals surface area contributed by atoms with Crippen molar-refractivity contribution in [1.82, 2.24) is 0 Å². The summed E-state index contributed by atoms with van der Waals surface area (Å²) in [5.41, 5.74) is 0. The van der Waals surface area contributed by atoms with Gasteiger partial charge in [-0.25, -0.2) is 0 Å². The van der Waals surface area contributed by atoms with Gasteiger partial charge in [-0.1, -0.05) is 78.1 Å². The molecule has 0 bridgehead atoms. The maximum absolute atomic E-state index is 11.3. The Bertz CT molecular complexity index is 226. The summed E-state index contributed by atoms with van der Waals surface area (Å²) >= 11 is 0. The summed E-state index contributed by atoms with van der Waals surface area (Å²) in [6.07, 6.45) is 16.2. The van der Waals surface area contributed by atoms with E-state index in [1.165, 1.54) is 57.8 Å². The zero-order valence-electron chi connectivity index (χ0n) is 14.8. The first-order valence-corrected chi connectivity index (χ1v) is 9.31. The van der Waals surface area contributed by atoms with Crippen LogP contribution < -0.4 is 0 Å². The lowest BCUT2D eigenvalue weighted by Gasteiger charge is -2.16. The van der Waals surface area contributed by atoms with Crippen LogP contribution in [0.5, 0.6) is 0 Å². The Morgan fingerprint density at radius 1 is 0.810 bits per heavy atom. The first-order chi connectivity index (χ1) is 10.2. The van der Waals surface area contributed by atoms with E-state index in [2.05, 4.69) is 13.8 Å². The maximum Gasteiger partial charge on any atom is 0.132 e. The van der Waals surface area contributed by atoms with Crippen molar-refractivity contribution in [3.8, 4) is 0 Å². The third kappa shape index (κ3) is 15.8. The van der Waals surface area contributed by atoms with Gasteiger partial charge in [0.2, 0.25) is 0 Å². The van der Waals surface area contributed by atoms with Gasteiger partial charge in [-0.2, -0.15) is 0 Å². The topological polar surface area (TPSA) is 26.3 Å². The number of rotatable bonds is 16. The number of ether oxygens (including phenoxy) is 1. The van der Waals surface area contributed by atoms with Crippen molar-refractivity contribution in [1.29, 1.82) is 0 Å². The summed E-state index contributed by atoms with van der Waals surface area (Å²) in [5, 5.41) is 0. The Morgan fingerprint density at radius 3 is 1.86 bits per heavy atom. The van der Waals surface area contributed by atoms with E-state index in [4.69, 9.17) is 4.74 Å². The monoisotopic (exact) mass is 298 g/mol. The van der Waals surface area contributed by atoms with Gasteiger partial charge in [0.05, 0.1) is 6.10 Å². The minimum atomic E-state index is 0.165. The first-order valence-electron chi connectivity index (χ1n) is 9.31. The van der Waals surface area contributed by atoms with Gasteiger partial charge in [0, 0.05) is 13.0 Å². The zero-order chi connectivity index (χ0) is 15.8. The molecule has 2 heteroatoms. The van der Waals surface area contributed by atoms with Crippen LogP contribution >= 0.6 is 0 Å². The van der Waals surface area contributed by atoms with E-state index in [0.29, 0.717) is 6.42 Å². The fourth-order valence-corrected chi connectivity index (χ4v) is 2.64. The summed E-state index contributed by atoms with van der Waals surface area (Å²) < 4.78 is 5.84. The average molecular weight is 299 g/mol. The third-order valence-electron chi connectivity index (χ3n) is 4.00. The highest BCUT2D eigenvalue weighted by atomic mass is 16.5. The van der Waals surface area contributed by atoms with E-state index in [1.807, 2.05) is 0 Å². The maximum atomic E-state index is 11.3. The second-order valence-corrected chi connectivity index (χ2v) is 6.37. The lowest BCUT2D eigenvalue weighted by molar-refractivity contribution is -0.120. The summed E-state index contributed by atoms with van der Waals surface area (Å²) in [4.78, 5) is 11.3. The molecule has 21 heavy (non-hydrogen) atoms. The Hall–Kier alpha value is -0.370. The second-order valence-electron chi connectivity index (χ2n) is 6.37. The molecule has 126 valence electrons. The molecule has 0 aliphatic carbocycles. The van der Waals surface area contributed by atoms with Crippen molar-refractivity contribution >= 4 is 5.78 Å². The SMILES string of the molecule is CCCCCCCCCCC[C@H](CC(C)=O)OCCCC. The van der Waals surface area contributed by atoms with Crippen LogP contribution in [-0.4, -0.2) is 18.5 Å². The standard InChI is InChI=1S/C19H38O2/c1-4-6-8-9-10-11-12-13-14-15-19(17-18(3)20)21-16-7-5-2/h19H,4-17H2,1-3H3/t19-/m1/s1. The molecule has 0 saturated heterocycles. The van der Waals surface area contributed by atoms with E-state index in [0.717, 1.165) is 25.9 Å². The molecule has 0 spiro atoms. The van der Waals surface area contributed by atoms with E-state index in [9.17, 15) is 4.79 Å². The second kappa shape index (κ2) is 16.0. The molecule has 0 radical (unpaired) electrons. The molecule has 0 aliphatic rings. The molecule has 0 aromatic rings. The van der Waals surface area contributed by atoms with Gasteiger partial charge in [0.1, 0.15) is 5.78 Å². The van der Waals surface area contributed by atoms with Crippen LogP contribution in [0, 0.1) is 0 Å². The van der Waals surface area contributed by atoms with Crippen molar-refractivity contribution in [3.63, 3.8) is 0 Å². The third-order valence-corrected chi connectivity index (χ3v) is 4.00. The van der Waals surface area contributed by atoms with E-state index in [1.54, 1.807) is 6.92 Å². The largest absolute Gasteiger partial charge is 0.378 e. The fraction of sp³-hybridized carbons (Fsp3) is 0.947. The Kier molecular flexibility index (Phi) is 15.7. The number of unbranched alkanes of at least 4 members (excludes halogenated alkanes) is 9. The van der Waals surface area contributed by atoms with Crippen LogP contribution in [0.2, 0.25) is 0 Å². The quantitative estimate of drug-likeness (QED) is 0.323. The van der Waals surface area contributed by atoms with Crippen LogP contribution in [0.1, 0.15) is 104 Å². The summed E-state index contributed by atoms with van der Waals surface area (Å²) in [5.74, 6) is 0.257. The van der Waals surface area contributed by atoms with Crippen LogP contribution in [0.15, 0.2) is 0 Å². The number of ketones is 1. The number of carbonyl (C=O) groups excluding carboxylic acids is 1. The zero-order valence-corrected chi connectivity index (χ0v) is 14.8. The van der Waals surface area contributed by atoms with Gasteiger partial charge >= 0.3 is 0 Å². The summed E-state index contributed by atoms with van der Waals surface area (Å²) in [6.45, 7) is 6.92. The summed E-state index contributed by atoms with van der Waals surface area (Å²) in [6, 6.07) is 0. The minimum Gasteiger partial charge on any atom is -0.378 e. The number of Topliss-reactive ketones (excluding diaryl/α,β-unsaturated/α-hetero) is 1. The smallest absolute Gasteiger partial charge is 0.132 e. The molecule has 0 unspecified atom stereocenters. The van der Waals surface area contributed by atoms with Gasteiger partial charge in [-0.3, -0.25) is 4.79 Å². The molecule has 0 aromatic carbocycles. The highest BCUT2D eigenvalue weighted by molar-refractivity contribution is 5.75. The van der Waals surface area contributed by atoms with E-state index >= 15 is 0 Å². The minimum absolute atomic E-state index is 0.165. The Labute approximate surface area is 133 Å². The number of hydrogen-bond donors (Lipinski definition) is 0. The van der Waals surface area contributed by atoms with Crippen molar-refractivity contribution in [2.45, 2.75) is 110 Å². The normalized spacial score (nSPS) is 12.5. The highest BCUT2D eigenvalue weighted by Gasteiger charge is 2.11. The van der Waals surface area contributed by atoms with Gasteiger partial charge in [-0.05, 0) is 19.8 Å². The van der Waals surface area contributed by atoms with Crippen LogP contribution in [0.25, 0.3) is 0 Å². The summed E-state index contributed by atoms with van der Waals surface area (Å²) in [7, 11) is 0. The van der Waals surface area contributed by atoms with Gasteiger partial charge in [-0.15, -0.1) is 0 Å². The molecular formula is C19H38O2. The highest BCUT2D eigenvalue weighted by Crippen LogP contribution is 2.14. The lowest BCUT2D eigenvalue weighted by Crippen LogP contribution is -2.17. The number of carbonyl (C=O) groups is 1. The predicted molar refractivity (Wildman–Crippen MR) is 91.8 cm³/mol. The Morgan fingerprint density at radius 2 is 1.33 bits per heavy atom. The van der Waals surface area contributed by atoms with Gasteiger partial charge in [0.15, 0.2) is 0 Å². The number of hydrogen-bond acceptors (Lipinski definition) is 2. The fourth-order valence-electron chi connectivity index (χ4n) is 2.64. The van der Waals surface area contributed by atoms with E-state index < -0.39 is 0 Å². The lowest BCUT2D eigenvalue weighted by atomic mass is 10.0. The molecule has 0 saturated carbocycles. The molecule has 0 aliphatic heterocycles. The van der Waals surface area contributed by atoms with Crippen molar-refractivity contribution in [2.24, 2.45) is 0 Å². The van der Waals surface area contributed by atoms with Crippen LogP contribution in [0.3, 0.4) is 0 Å². The molecule has 0 N–H and O–H groups in total. The molecule has 0 fully saturated rings. The first kappa shape index (κ1) is 20.6. The molecular weight excluding hydrogens is 260 g/mol. The molecule has 0 amide bonds. The molecule has 0 heterocycles. The van der Waals surface area contributed by atoms with Crippen LogP contribution in [-0.2, 0) is 9.53 Å². The van der Waals surface area contributed by atoms with Gasteiger partial charge < -0.3 is 4.74 Å².